The molecule has 0 aliphatic rings. The van der Waals surface area contributed by atoms with Gasteiger partial charge in [-0.25, -0.2) is 13.1 Å². The van der Waals surface area contributed by atoms with Crippen molar-refractivity contribution in [3.8, 4) is 0 Å². The summed E-state index contributed by atoms with van der Waals surface area (Å²) in [5.74, 6) is 0.701. The largest absolute Gasteiger partial charge is 0.356 e. The molecule has 3 N–H and O–H groups in total. The maximum Gasteiger partial charge on any atom is 0.250 e. The fraction of sp³-hybridized carbons (Fsp3) is 0.643. The minimum Gasteiger partial charge on any atom is -0.356 e. The summed E-state index contributed by atoms with van der Waals surface area (Å²) in [6.07, 6.45) is 4.79. The molecule has 1 rings (SSSR count). The molecule has 134 valence electrons. The van der Waals surface area contributed by atoms with Crippen molar-refractivity contribution < 1.29 is 8.42 Å². The first-order valence-electron chi connectivity index (χ1n) is 7.58. The van der Waals surface area contributed by atoms with Crippen LogP contribution in [0, 0.1) is 0 Å². The van der Waals surface area contributed by atoms with Gasteiger partial charge in [-0.15, -0.1) is 35.3 Å². The highest BCUT2D eigenvalue weighted by Gasteiger charge is 2.13. The zero-order valence-electron chi connectivity index (χ0n) is 13.7. The summed E-state index contributed by atoms with van der Waals surface area (Å²) in [4.78, 5) is 4.11. The van der Waals surface area contributed by atoms with Gasteiger partial charge in [-0.05, 0) is 17.9 Å². The van der Waals surface area contributed by atoms with E-state index in [1.807, 2.05) is 0 Å². The minimum absolute atomic E-state index is 0. The zero-order valence-corrected chi connectivity index (χ0v) is 17.6. The molecule has 0 unspecified atom stereocenters. The van der Waals surface area contributed by atoms with Crippen LogP contribution in [0.2, 0.25) is 0 Å². The van der Waals surface area contributed by atoms with Gasteiger partial charge in [0, 0.05) is 26.7 Å². The second-order valence-electron chi connectivity index (χ2n) is 4.82. The molecule has 0 aliphatic carbocycles. The fourth-order valence-electron chi connectivity index (χ4n) is 1.83. The van der Waals surface area contributed by atoms with Crippen LogP contribution < -0.4 is 15.4 Å². The fourth-order valence-corrected chi connectivity index (χ4v) is 3.90. The lowest BCUT2D eigenvalue weighted by molar-refractivity contribution is 0.582. The van der Waals surface area contributed by atoms with Crippen molar-refractivity contribution >= 4 is 51.3 Å². The van der Waals surface area contributed by atoms with Crippen molar-refractivity contribution in [2.24, 2.45) is 4.99 Å². The van der Waals surface area contributed by atoms with Gasteiger partial charge in [-0.3, -0.25) is 4.99 Å². The zero-order chi connectivity index (χ0) is 16.3. The minimum atomic E-state index is -3.38. The first kappa shape index (κ1) is 22.6. The number of thiophene rings is 1. The Morgan fingerprint density at radius 1 is 1.17 bits per heavy atom. The smallest absolute Gasteiger partial charge is 0.250 e. The second-order valence-corrected chi connectivity index (χ2v) is 7.76. The summed E-state index contributed by atoms with van der Waals surface area (Å²) >= 11 is 1.21. The number of hydrogen-bond acceptors (Lipinski definition) is 4. The molecule has 0 spiro atoms. The number of aliphatic imine (C=N–C) groups is 1. The molecule has 0 amide bonds. The third-order valence-electron chi connectivity index (χ3n) is 3.02. The SMILES string of the molecule is CCCCCCNC(=NC)NCCNS(=O)(=O)c1cccs1.I. The molecule has 0 saturated carbocycles. The normalized spacial score (nSPS) is 11.8. The van der Waals surface area contributed by atoms with E-state index in [0.29, 0.717) is 23.3 Å². The maximum atomic E-state index is 11.9. The molecule has 0 aliphatic heterocycles. The Hall–Kier alpha value is -0.390. The molecule has 0 aromatic carbocycles. The molecule has 0 radical (unpaired) electrons. The van der Waals surface area contributed by atoms with Crippen LogP contribution >= 0.6 is 35.3 Å². The number of rotatable bonds is 10. The van der Waals surface area contributed by atoms with Gasteiger partial charge in [0.25, 0.3) is 0 Å². The monoisotopic (exact) mass is 474 g/mol. The molecule has 6 nitrogen and oxygen atoms in total. The van der Waals surface area contributed by atoms with Crippen LogP contribution in [0.5, 0.6) is 0 Å². The molecule has 1 heterocycles. The third-order valence-corrected chi connectivity index (χ3v) is 5.87. The number of unbranched alkanes of at least 4 members (excludes halogenated alkanes) is 3. The summed E-state index contributed by atoms with van der Waals surface area (Å²) in [7, 11) is -1.68. The van der Waals surface area contributed by atoms with Gasteiger partial charge in [0.15, 0.2) is 5.96 Å². The van der Waals surface area contributed by atoms with Crippen molar-refractivity contribution in [2.45, 2.75) is 36.8 Å². The maximum absolute atomic E-state index is 11.9. The van der Waals surface area contributed by atoms with Gasteiger partial charge in [0.2, 0.25) is 10.0 Å². The van der Waals surface area contributed by atoms with E-state index in [9.17, 15) is 8.42 Å². The number of nitrogens with one attached hydrogen (secondary N) is 3. The van der Waals surface area contributed by atoms with Gasteiger partial charge in [0.05, 0.1) is 0 Å². The van der Waals surface area contributed by atoms with Crippen LogP contribution in [-0.4, -0.2) is 41.1 Å². The van der Waals surface area contributed by atoms with E-state index < -0.39 is 10.0 Å². The van der Waals surface area contributed by atoms with Crippen LogP contribution in [0.3, 0.4) is 0 Å². The van der Waals surface area contributed by atoms with Crippen LogP contribution in [0.1, 0.15) is 32.6 Å². The molecule has 1 aromatic rings. The van der Waals surface area contributed by atoms with E-state index in [0.717, 1.165) is 13.0 Å². The van der Waals surface area contributed by atoms with Gasteiger partial charge in [-0.2, -0.15) is 0 Å². The van der Waals surface area contributed by atoms with E-state index in [-0.39, 0.29) is 24.0 Å². The summed E-state index contributed by atoms with van der Waals surface area (Å²) in [6.45, 7) is 3.86. The second kappa shape index (κ2) is 13.0. The lowest BCUT2D eigenvalue weighted by Crippen LogP contribution is -2.41. The average Bonchev–Trinajstić information content (AvgIpc) is 3.04. The van der Waals surface area contributed by atoms with Gasteiger partial charge < -0.3 is 10.6 Å². The van der Waals surface area contributed by atoms with E-state index in [2.05, 4.69) is 27.3 Å². The van der Waals surface area contributed by atoms with Crippen molar-refractivity contribution in [1.82, 2.24) is 15.4 Å². The van der Waals surface area contributed by atoms with Gasteiger partial charge in [0.1, 0.15) is 4.21 Å². The Morgan fingerprint density at radius 3 is 2.52 bits per heavy atom. The Balaban J connectivity index is 0.00000484. The highest BCUT2D eigenvalue weighted by atomic mass is 127. The van der Waals surface area contributed by atoms with Crippen molar-refractivity contribution in [1.29, 1.82) is 0 Å². The Kier molecular flexibility index (Phi) is 12.7. The van der Waals surface area contributed by atoms with E-state index in [4.69, 9.17) is 0 Å². The molecule has 1 aromatic heterocycles. The Bertz CT molecular complexity index is 533. The molecular formula is C14H27IN4O2S2. The summed E-state index contributed by atoms with van der Waals surface area (Å²) in [6, 6.07) is 3.32. The highest BCUT2D eigenvalue weighted by Crippen LogP contribution is 2.14. The Labute approximate surface area is 160 Å². The number of sulfonamides is 1. The third kappa shape index (κ3) is 9.48. The van der Waals surface area contributed by atoms with E-state index in [1.165, 1.54) is 30.6 Å². The molecule has 0 atom stereocenters. The van der Waals surface area contributed by atoms with Crippen molar-refractivity contribution in [3.63, 3.8) is 0 Å². The quantitative estimate of drug-likeness (QED) is 0.211. The Morgan fingerprint density at radius 2 is 1.91 bits per heavy atom. The highest BCUT2D eigenvalue weighted by molar-refractivity contribution is 14.0. The number of nitrogens with zero attached hydrogens (tertiary/aromatic N) is 1. The first-order valence-corrected chi connectivity index (χ1v) is 9.94. The molecule has 0 saturated heterocycles. The summed E-state index contributed by atoms with van der Waals surface area (Å²) in [5.41, 5.74) is 0. The van der Waals surface area contributed by atoms with Crippen LogP contribution in [0.15, 0.2) is 26.7 Å². The number of hydrogen-bond donors (Lipinski definition) is 3. The lowest BCUT2D eigenvalue weighted by Gasteiger charge is -2.12. The van der Waals surface area contributed by atoms with Crippen LogP contribution in [0.25, 0.3) is 0 Å². The lowest BCUT2D eigenvalue weighted by atomic mass is 10.2. The van der Waals surface area contributed by atoms with Crippen LogP contribution in [0.4, 0.5) is 0 Å². The number of halogens is 1. The number of guanidine groups is 1. The van der Waals surface area contributed by atoms with Gasteiger partial charge >= 0.3 is 0 Å². The predicted molar refractivity (Wildman–Crippen MR) is 108 cm³/mol. The van der Waals surface area contributed by atoms with Gasteiger partial charge in [-0.1, -0.05) is 32.3 Å². The molecule has 0 bridgehead atoms. The topological polar surface area (TPSA) is 82.6 Å². The van der Waals surface area contributed by atoms with E-state index in [1.54, 1.807) is 24.6 Å². The molecular weight excluding hydrogens is 447 g/mol. The summed E-state index contributed by atoms with van der Waals surface area (Å²) < 4.78 is 26.7. The first-order chi connectivity index (χ1) is 10.6. The summed E-state index contributed by atoms with van der Waals surface area (Å²) in [5, 5.41) is 8.06. The molecule has 23 heavy (non-hydrogen) atoms. The van der Waals surface area contributed by atoms with E-state index >= 15 is 0 Å². The predicted octanol–water partition coefficient (Wildman–Crippen LogP) is 2.39. The molecule has 9 heteroatoms. The van der Waals surface area contributed by atoms with Crippen molar-refractivity contribution in [3.05, 3.63) is 17.5 Å². The van der Waals surface area contributed by atoms with Crippen molar-refractivity contribution in [2.75, 3.05) is 26.7 Å². The average molecular weight is 474 g/mol. The standard InChI is InChI=1S/C14H26N4O2S2.HI/c1-3-4-5-6-9-16-14(15-2)17-10-11-18-22(19,20)13-8-7-12-21-13;/h7-8,12,18H,3-6,9-11H2,1-2H3,(H2,15,16,17);1H. The molecule has 0 fully saturated rings. The van der Waals surface area contributed by atoms with Crippen LogP contribution in [-0.2, 0) is 10.0 Å².